The van der Waals surface area contributed by atoms with Crippen molar-refractivity contribution in [2.75, 3.05) is 7.05 Å². The number of pyridine rings is 1. The first-order valence-corrected chi connectivity index (χ1v) is 5.71. The minimum absolute atomic E-state index is 0.148. The predicted octanol–water partition coefficient (Wildman–Crippen LogP) is 1.47. The van der Waals surface area contributed by atoms with E-state index in [0.717, 1.165) is 22.2 Å². The summed E-state index contributed by atoms with van der Waals surface area (Å²) in [6, 6.07) is 2.20. The second-order valence-electron chi connectivity index (χ2n) is 3.45. The Morgan fingerprint density at radius 2 is 2.31 bits per heavy atom. The lowest BCUT2D eigenvalue weighted by Crippen LogP contribution is -2.19. The molecule has 0 spiro atoms. The van der Waals surface area contributed by atoms with Gasteiger partial charge in [0, 0.05) is 16.9 Å². The van der Waals surface area contributed by atoms with Gasteiger partial charge in [0.05, 0.1) is 17.9 Å². The molecule has 16 heavy (non-hydrogen) atoms. The van der Waals surface area contributed by atoms with Crippen LogP contribution in [0.1, 0.15) is 17.3 Å². The van der Waals surface area contributed by atoms with Crippen LogP contribution in [0.4, 0.5) is 0 Å². The number of nitrogens with one attached hydrogen (secondary N) is 2. The van der Waals surface area contributed by atoms with Gasteiger partial charge < -0.3 is 5.32 Å². The molecule has 0 radical (unpaired) electrons. The fraction of sp³-hybridized carbons (Fsp3) is 0.300. The third-order valence-corrected chi connectivity index (χ3v) is 2.77. The van der Waals surface area contributed by atoms with E-state index >= 15 is 0 Å². The SMILES string of the molecule is CNC(Cc1cncc(Br)c1)c1cn[nH]n1. The molecule has 2 N–H and O–H groups in total. The predicted molar refractivity (Wildman–Crippen MR) is 63.8 cm³/mol. The van der Waals surface area contributed by atoms with Crippen LogP contribution in [-0.4, -0.2) is 27.4 Å². The van der Waals surface area contributed by atoms with Gasteiger partial charge in [-0.3, -0.25) is 4.98 Å². The molecule has 0 saturated carbocycles. The summed E-state index contributed by atoms with van der Waals surface area (Å²) in [4.78, 5) is 4.13. The number of aromatic amines is 1. The Labute approximate surface area is 102 Å². The van der Waals surface area contributed by atoms with Gasteiger partial charge in [-0.05, 0) is 41.0 Å². The molecule has 0 fully saturated rings. The van der Waals surface area contributed by atoms with Crippen LogP contribution < -0.4 is 5.32 Å². The summed E-state index contributed by atoms with van der Waals surface area (Å²) in [5.74, 6) is 0. The highest BCUT2D eigenvalue weighted by atomic mass is 79.9. The minimum Gasteiger partial charge on any atom is -0.311 e. The van der Waals surface area contributed by atoms with E-state index in [1.165, 1.54) is 0 Å². The molecular formula is C10H12BrN5. The van der Waals surface area contributed by atoms with Gasteiger partial charge >= 0.3 is 0 Å². The van der Waals surface area contributed by atoms with E-state index in [1.807, 2.05) is 13.2 Å². The summed E-state index contributed by atoms with van der Waals surface area (Å²) in [5.41, 5.74) is 2.05. The second kappa shape index (κ2) is 5.18. The number of hydrogen-bond acceptors (Lipinski definition) is 4. The van der Waals surface area contributed by atoms with Gasteiger partial charge in [-0.25, -0.2) is 0 Å². The molecule has 2 aromatic heterocycles. The first-order chi connectivity index (χ1) is 7.79. The van der Waals surface area contributed by atoms with Gasteiger partial charge in [0.15, 0.2) is 0 Å². The number of aromatic nitrogens is 4. The fourth-order valence-corrected chi connectivity index (χ4v) is 1.95. The fourth-order valence-electron chi connectivity index (χ4n) is 1.54. The normalized spacial score (nSPS) is 12.6. The summed E-state index contributed by atoms with van der Waals surface area (Å²) < 4.78 is 0.986. The Morgan fingerprint density at radius 1 is 1.44 bits per heavy atom. The van der Waals surface area contributed by atoms with Gasteiger partial charge in [-0.1, -0.05) is 0 Å². The summed E-state index contributed by atoms with van der Waals surface area (Å²) in [7, 11) is 1.91. The first kappa shape index (κ1) is 11.2. The van der Waals surface area contributed by atoms with E-state index in [9.17, 15) is 0 Å². The number of nitrogens with zero attached hydrogens (tertiary/aromatic N) is 3. The topological polar surface area (TPSA) is 66.5 Å². The third-order valence-electron chi connectivity index (χ3n) is 2.34. The molecule has 0 aliphatic heterocycles. The molecule has 2 heterocycles. The highest BCUT2D eigenvalue weighted by Gasteiger charge is 2.12. The molecule has 0 saturated heterocycles. The molecule has 1 unspecified atom stereocenters. The van der Waals surface area contributed by atoms with E-state index in [2.05, 4.69) is 47.7 Å². The summed E-state index contributed by atoms with van der Waals surface area (Å²) >= 11 is 3.41. The lowest BCUT2D eigenvalue weighted by atomic mass is 10.1. The maximum Gasteiger partial charge on any atom is 0.0997 e. The van der Waals surface area contributed by atoms with Gasteiger partial charge in [0.25, 0.3) is 0 Å². The highest BCUT2D eigenvalue weighted by Crippen LogP contribution is 2.17. The van der Waals surface area contributed by atoms with Crippen molar-refractivity contribution >= 4 is 15.9 Å². The van der Waals surface area contributed by atoms with Crippen molar-refractivity contribution < 1.29 is 0 Å². The maximum absolute atomic E-state index is 4.13. The number of likely N-dealkylation sites (N-methyl/N-ethyl adjacent to an activating group) is 1. The number of rotatable bonds is 4. The Balaban J connectivity index is 2.13. The average molecular weight is 282 g/mol. The van der Waals surface area contributed by atoms with Gasteiger partial charge in [-0.2, -0.15) is 15.4 Å². The molecule has 1 atom stereocenters. The molecule has 0 amide bonds. The van der Waals surface area contributed by atoms with E-state index in [-0.39, 0.29) is 6.04 Å². The van der Waals surface area contributed by atoms with Crippen LogP contribution >= 0.6 is 15.9 Å². The largest absolute Gasteiger partial charge is 0.311 e. The molecule has 5 nitrogen and oxygen atoms in total. The van der Waals surface area contributed by atoms with Crippen molar-refractivity contribution in [1.29, 1.82) is 0 Å². The zero-order chi connectivity index (χ0) is 11.4. The monoisotopic (exact) mass is 281 g/mol. The van der Waals surface area contributed by atoms with Crippen LogP contribution in [-0.2, 0) is 6.42 Å². The van der Waals surface area contributed by atoms with Crippen LogP contribution in [0.3, 0.4) is 0 Å². The number of H-pyrrole nitrogens is 1. The standard InChI is InChI=1S/C10H12BrN5/c1-12-9(10-6-14-16-15-10)3-7-2-8(11)5-13-4-7/h2,4-6,9,12H,3H2,1H3,(H,14,15,16). The second-order valence-corrected chi connectivity index (χ2v) is 4.37. The van der Waals surface area contributed by atoms with E-state index in [4.69, 9.17) is 0 Å². The maximum atomic E-state index is 4.13. The summed E-state index contributed by atoms with van der Waals surface area (Å²) in [6.45, 7) is 0. The van der Waals surface area contributed by atoms with Crippen molar-refractivity contribution in [3.05, 3.63) is 40.4 Å². The Bertz CT molecular complexity index is 442. The average Bonchev–Trinajstić information content (AvgIpc) is 2.79. The van der Waals surface area contributed by atoms with Crippen LogP contribution in [0.25, 0.3) is 0 Å². The first-order valence-electron chi connectivity index (χ1n) is 4.92. The number of hydrogen-bond donors (Lipinski definition) is 2. The molecule has 0 aliphatic rings. The minimum atomic E-state index is 0.148. The van der Waals surface area contributed by atoms with Crippen molar-refractivity contribution in [1.82, 2.24) is 25.7 Å². The molecule has 2 rings (SSSR count). The van der Waals surface area contributed by atoms with Crippen LogP contribution in [0.5, 0.6) is 0 Å². The van der Waals surface area contributed by atoms with E-state index in [0.29, 0.717) is 0 Å². The van der Waals surface area contributed by atoms with Crippen molar-refractivity contribution in [2.45, 2.75) is 12.5 Å². The van der Waals surface area contributed by atoms with Gasteiger partial charge in [0.2, 0.25) is 0 Å². The lowest BCUT2D eigenvalue weighted by molar-refractivity contribution is 0.573. The molecule has 2 aromatic rings. The Hall–Kier alpha value is -1.27. The van der Waals surface area contributed by atoms with Crippen LogP contribution in [0, 0.1) is 0 Å². The quantitative estimate of drug-likeness (QED) is 0.891. The van der Waals surface area contributed by atoms with Crippen molar-refractivity contribution in [3.8, 4) is 0 Å². The molecule has 0 bridgehead atoms. The van der Waals surface area contributed by atoms with E-state index in [1.54, 1.807) is 12.4 Å². The molecule has 0 aliphatic carbocycles. The molecule has 6 heteroatoms. The molecular weight excluding hydrogens is 270 g/mol. The van der Waals surface area contributed by atoms with E-state index < -0.39 is 0 Å². The van der Waals surface area contributed by atoms with Crippen LogP contribution in [0.2, 0.25) is 0 Å². The highest BCUT2D eigenvalue weighted by molar-refractivity contribution is 9.10. The zero-order valence-electron chi connectivity index (χ0n) is 8.81. The molecule has 84 valence electrons. The summed E-state index contributed by atoms with van der Waals surface area (Å²) in [6.07, 6.45) is 6.19. The van der Waals surface area contributed by atoms with Crippen molar-refractivity contribution in [3.63, 3.8) is 0 Å². The molecule has 0 aromatic carbocycles. The zero-order valence-corrected chi connectivity index (χ0v) is 10.4. The lowest BCUT2D eigenvalue weighted by Gasteiger charge is -2.12. The van der Waals surface area contributed by atoms with Crippen molar-refractivity contribution in [2.24, 2.45) is 0 Å². The smallest absolute Gasteiger partial charge is 0.0997 e. The summed E-state index contributed by atoms with van der Waals surface area (Å²) in [5, 5.41) is 13.7. The van der Waals surface area contributed by atoms with Gasteiger partial charge in [0.1, 0.15) is 0 Å². The van der Waals surface area contributed by atoms with Gasteiger partial charge in [-0.15, -0.1) is 0 Å². The Morgan fingerprint density at radius 3 is 2.94 bits per heavy atom. The third kappa shape index (κ3) is 2.65. The Kier molecular flexibility index (Phi) is 3.63. The van der Waals surface area contributed by atoms with Crippen LogP contribution in [0.15, 0.2) is 29.1 Å². The number of halogens is 1.